The van der Waals surface area contributed by atoms with E-state index in [-0.39, 0.29) is 0 Å². The molecule has 3 heteroatoms. The van der Waals surface area contributed by atoms with Crippen LogP contribution < -0.4 is 0 Å². The fraction of sp³-hybridized carbons (Fsp3) is 0.610. The number of thiol groups is 1. The van der Waals surface area contributed by atoms with Gasteiger partial charge in [-0.2, -0.15) is 12.6 Å². The SMILES string of the molecule is C=C/C(=C(/C)CC)N1C(=C)C(S)C1C.C=CC.CC.CC.CCCCCc1cc(C)c(C2C=C(C)CCC2)c(CC)c1.CO. The van der Waals surface area contributed by atoms with Crippen LogP contribution in [0, 0.1) is 6.92 Å². The lowest BCUT2D eigenvalue weighted by molar-refractivity contribution is 0.242. The van der Waals surface area contributed by atoms with Crippen LogP contribution in [-0.4, -0.2) is 28.4 Å². The highest BCUT2D eigenvalue weighted by Gasteiger charge is 2.38. The van der Waals surface area contributed by atoms with Crippen LogP contribution in [0.4, 0.5) is 0 Å². The average molecular weight is 628 g/mol. The lowest BCUT2D eigenvalue weighted by Crippen LogP contribution is -2.52. The zero-order valence-corrected chi connectivity index (χ0v) is 32.3. The van der Waals surface area contributed by atoms with Crippen molar-refractivity contribution in [1.29, 1.82) is 0 Å². The van der Waals surface area contributed by atoms with Crippen LogP contribution in [0.1, 0.15) is 149 Å². The minimum absolute atomic E-state index is 0.301. The van der Waals surface area contributed by atoms with Crippen molar-refractivity contribution in [2.75, 3.05) is 7.11 Å². The molecule has 1 heterocycles. The molecule has 3 rings (SSSR count). The number of aliphatic hydroxyl groups excluding tert-OH is 1. The molecule has 44 heavy (non-hydrogen) atoms. The van der Waals surface area contributed by atoms with Crippen molar-refractivity contribution in [3.8, 4) is 0 Å². The smallest absolute Gasteiger partial charge is 0.0618 e. The third-order valence-corrected chi connectivity index (χ3v) is 8.59. The number of hydrogen-bond donors (Lipinski definition) is 2. The standard InChI is InChI=1S/C21H32.C12H19NS.C3H6.2C2H6.CH4O/c1-5-7-8-11-18-14-17(4)21(19(6-2)15-18)20-12-9-10-16(3)13-20;1-6-8(3)11(7-2)13-9(4)12(14)10(13)5;1-3-2;3*1-2/h13-15,20H,5-12H2,1-4H3;7,10,12,14H,2,4,6H2,1,3,5H3;3H,1H2,2H3;2*1-2H3;2H,1H3/b;11-8+;;;;. The van der Waals surface area contributed by atoms with Crippen LogP contribution in [0.25, 0.3) is 0 Å². The topological polar surface area (TPSA) is 23.5 Å². The summed E-state index contributed by atoms with van der Waals surface area (Å²) >= 11 is 4.47. The van der Waals surface area contributed by atoms with Crippen molar-refractivity contribution in [3.05, 3.63) is 94.9 Å². The highest BCUT2D eigenvalue weighted by Crippen LogP contribution is 2.38. The maximum Gasteiger partial charge on any atom is 0.0618 e. The van der Waals surface area contributed by atoms with Crippen LogP contribution >= 0.6 is 12.6 Å². The number of aryl methyl sites for hydroxylation is 3. The van der Waals surface area contributed by atoms with E-state index in [9.17, 15) is 0 Å². The fourth-order valence-electron chi connectivity index (χ4n) is 5.61. The minimum Gasteiger partial charge on any atom is -0.400 e. The Morgan fingerprint density at radius 3 is 2.05 bits per heavy atom. The summed E-state index contributed by atoms with van der Waals surface area (Å²) in [6.07, 6.45) is 17.7. The normalized spacial score (nSPS) is 18.6. The van der Waals surface area contributed by atoms with E-state index in [2.05, 4.69) is 104 Å². The third-order valence-electron chi connectivity index (χ3n) is 7.86. The minimum atomic E-state index is 0.301. The monoisotopic (exact) mass is 628 g/mol. The van der Waals surface area contributed by atoms with Crippen molar-refractivity contribution in [1.82, 2.24) is 4.90 Å². The van der Waals surface area contributed by atoms with E-state index in [0.29, 0.717) is 17.2 Å². The number of hydrogen-bond acceptors (Lipinski definition) is 3. The molecule has 1 aromatic rings. The molecule has 0 aromatic heterocycles. The van der Waals surface area contributed by atoms with Crippen LogP contribution in [0.15, 0.2) is 72.6 Å². The summed E-state index contributed by atoms with van der Waals surface area (Å²) in [5, 5.41) is 7.30. The highest BCUT2D eigenvalue weighted by atomic mass is 32.1. The largest absolute Gasteiger partial charge is 0.400 e. The summed E-state index contributed by atoms with van der Waals surface area (Å²) in [7, 11) is 1.00. The van der Waals surface area contributed by atoms with Crippen molar-refractivity contribution >= 4 is 12.6 Å². The quantitative estimate of drug-likeness (QED) is 0.123. The van der Waals surface area contributed by atoms with Gasteiger partial charge in [0, 0.05) is 30.5 Å². The van der Waals surface area contributed by atoms with Gasteiger partial charge in [0.1, 0.15) is 0 Å². The molecule has 1 saturated heterocycles. The summed E-state index contributed by atoms with van der Waals surface area (Å²) in [5.74, 6) is 0.665. The number of unbranched alkanes of at least 4 members (excludes halogenated alkanes) is 2. The Balaban J connectivity index is -0.000000633. The van der Waals surface area contributed by atoms with Gasteiger partial charge >= 0.3 is 0 Å². The van der Waals surface area contributed by atoms with E-state index < -0.39 is 0 Å². The Kier molecular flexibility index (Phi) is 30.1. The van der Waals surface area contributed by atoms with Gasteiger partial charge in [-0.05, 0) is 113 Å². The van der Waals surface area contributed by atoms with E-state index in [0.717, 1.165) is 19.2 Å². The number of rotatable bonds is 9. The second-order valence-corrected chi connectivity index (χ2v) is 11.5. The maximum atomic E-state index is 7.00. The maximum absolute atomic E-state index is 7.00. The molecule has 1 N–H and O–H groups in total. The molecule has 0 spiro atoms. The average Bonchev–Trinajstić information content (AvgIpc) is 3.06. The summed E-state index contributed by atoms with van der Waals surface area (Å²) < 4.78 is 0. The van der Waals surface area contributed by atoms with Crippen LogP contribution in [-0.2, 0) is 12.8 Å². The third kappa shape index (κ3) is 15.3. The van der Waals surface area contributed by atoms with E-state index in [1.54, 1.807) is 28.3 Å². The highest BCUT2D eigenvalue weighted by molar-refractivity contribution is 7.81. The number of aliphatic hydroxyl groups is 1. The number of nitrogens with zero attached hydrogens (tertiary/aromatic N) is 1. The fourth-order valence-corrected chi connectivity index (χ4v) is 5.87. The van der Waals surface area contributed by atoms with Crippen molar-refractivity contribution < 1.29 is 5.11 Å². The van der Waals surface area contributed by atoms with Crippen molar-refractivity contribution in [2.45, 2.75) is 158 Å². The first-order valence-electron chi connectivity index (χ1n) is 17.4. The Labute approximate surface area is 281 Å². The molecule has 1 fully saturated rings. The molecule has 0 saturated carbocycles. The van der Waals surface area contributed by atoms with Gasteiger partial charge in [0.05, 0.1) is 5.25 Å². The zero-order valence-electron chi connectivity index (χ0n) is 31.4. The Morgan fingerprint density at radius 2 is 1.61 bits per heavy atom. The van der Waals surface area contributed by atoms with E-state index in [4.69, 9.17) is 5.11 Å². The predicted molar refractivity (Wildman–Crippen MR) is 207 cm³/mol. The first kappa shape index (κ1) is 46.4. The van der Waals surface area contributed by atoms with Crippen molar-refractivity contribution in [2.24, 2.45) is 0 Å². The molecule has 1 aliphatic heterocycles. The van der Waals surface area contributed by atoms with Gasteiger partial charge in [0.2, 0.25) is 0 Å². The second kappa shape index (κ2) is 28.5. The molecule has 0 bridgehead atoms. The predicted octanol–water partition coefficient (Wildman–Crippen LogP) is 12.7. The van der Waals surface area contributed by atoms with Crippen LogP contribution in [0.5, 0.6) is 0 Å². The van der Waals surface area contributed by atoms with Gasteiger partial charge in [-0.15, -0.1) is 6.58 Å². The first-order valence-corrected chi connectivity index (χ1v) is 17.9. The molecule has 2 nitrogen and oxygen atoms in total. The molecule has 1 aromatic carbocycles. The van der Waals surface area contributed by atoms with E-state index >= 15 is 0 Å². The Hall–Kier alpha value is -1.97. The summed E-state index contributed by atoms with van der Waals surface area (Å²) in [5.41, 5.74) is 11.5. The van der Waals surface area contributed by atoms with Gasteiger partial charge in [0.15, 0.2) is 0 Å². The van der Waals surface area contributed by atoms with Gasteiger partial charge in [0.25, 0.3) is 0 Å². The van der Waals surface area contributed by atoms with Crippen LogP contribution in [0.3, 0.4) is 0 Å². The summed E-state index contributed by atoms with van der Waals surface area (Å²) in [6, 6.07) is 5.39. The molecule has 3 atom stereocenters. The van der Waals surface area contributed by atoms with Gasteiger partial charge in [-0.1, -0.05) is 104 Å². The molecule has 254 valence electrons. The number of allylic oxidation sites excluding steroid dienone is 5. The van der Waals surface area contributed by atoms with Crippen LogP contribution in [0.2, 0.25) is 0 Å². The van der Waals surface area contributed by atoms with Gasteiger partial charge in [-0.25, -0.2) is 0 Å². The van der Waals surface area contributed by atoms with Gasteiger partial charge in [-0.3, -0.25) is 0 Å². The lowest BCUT2D eigenvalue weighted by Gasteiger charge is -2.49. The van der Waals surface area contributed by atoms with Crippen molar-refractivity contribution in [3.63, 3.8) is 0 Å². The Bertz CT molecular complexity index is 987. The molecule has 0 radical (unpaired) electrons. The molecule has 3 unspecified atom stereocenters. The molecule has 0 amide bonds. The molecule has 2 aliphatic rings. The van der Waals surface area contributed by atoms with Gasteiger partial charge < -0.3 is 10.0 Å². The lowest BCUT2D eigenvalue weighted by atomic mass is 9.80. The molecule has 1 aliphatic carbocycles. The number of benzene rings is 1. The summed E-state index contributed by atoms with van der Waals surface area (Å²) in [6.45, 7) is 36.8. The van der Waals surface area contributed by atoms with E-state index in [1.165, 1.54) is 68.2 Å². The molecular formula is C41H73NOS. The zero-order chi connectivity index (χ0) is 34.8. The number of likely N-dealkylation sites (tertiary alicyclic amines) is 1. The summed E-state index contributed by atoms with van der Waals surface area (Å²) in [4.78, 5) is 2.23. The van der Waals surface area contributed by atoms with E-state index in [1.807, 2.05) is 40.7 Å². The Morgan fingerprint density at radius 1 is 1.05 bits per heavy atom. The first-order chi connectivity index (χ1) is 21.1. The second-order valence-electron chi connectivity index (χ2n) is 11.0. The molecular weight excluding hydrogens is 555 g/mol.